The van der Waals surface area contributed by atoms with Crippen LogP contribution >= 0.6 is 0 Å². The Hall–Kier alpha value is -1.36. The van der Waals surface area contributed by atoms with Crippen LogP contribution in [0.4, 0.5) is 13.2 Å². The van der Waals surface area contributed by atoms with Gasteiger partial charge >= 0.3 is 0 Å². The molecule has 1 rings (SSSR count). The molecule has 0 fully saturated rings. The van der Waals surface area contributed by atoms with Gasteiger partial charge in [0, 0.05) is 0 Å². The molecule has 2 nitrogen and oxygen atoms in total. The molecule has 0 bridgehead atoms. The molecule has 2 N–H and O–H groups in total. The number of carbonyl (C=O) groups excluding carboxylic acids is 1. The minimum Gasteiger partial charge on any atom is -0.321 e. The van der Waals surface area contributed by atoms with E-state index in [1.54, 1.807) is 0 Å². The Kier molecular flexibility index (Phi) is 3.24. The van der Waals surface area contributed by atoms with Crippen LogP contribution in [-0.2, 0) is 11.2 Å². The van der Waals surface area contributed by atoms with Crippen LogP contribution < -0.4 is 5.73 Å². The number of rotatable bonds is 3. The molecule has 1 aromatic rings. The van der Waals surface area contributed by atoms with Crippen molar-refractivity contribution in [3.05, 3.63) is 35.1 Å². The van der Waals surface area contributed by atoms with Gasteiger partial charge in [-0.05, 0) is 24.1 Å². The Labute approximate surface area is 78.5 Å². The smallest absolute Gasteiger partial charge is 0.194 e. The maximum atomic E-state index is 12.7. The molecule has 1 atom stereocenters. The number of aldehydes is 1. The first-order chi connectivity index (χ1) is 6.54. The fourth-order valence-electron chi connectivity index (χ4n) is 1.05. The molecule has 1 aromatic carbocycles. The SMILES string of the molecule is NC(C=O)Cc1cc(F)c(F)c(F)c1. The summed E-state index contributed by atoms with van der Waals surface area (Å²) >= 11 is 0. The maximum absolute atomic E-state index is 12.7. The van der Waals surface area contributed by atoms with Crippen LogP contribution in [0.15, 0.2) is 12.1 Å². The Morgan fingerprint density at radius 2 is 1.79 bits per heavy atom. The van der Waals surface area contributed by atoms with E-state index in [0.717, 1.165) is 12.1 Å². The Balaban J connectivity index is 2.95. The number of hydrogen-bond acceptors (Lipinski definition) is 2. The zero-order valence-electron chi connectivity index (χ0n) is 7.14. The fraction of sp³-hybridized carbons (Fsp3) is 0.222. The van der Waals surface area contributed by atoms with Gasteiger partial charge in [0.15, 0.2) is 17.5 Å². The average molecular weight is 203 g/mol. The molecule has 0 aromatic heterocycles. The summed E-state index contributed by atoms with van der Waals surface area (Å²) in [7, 11) is 0. The van der Waals surface area contributed by atoms with Gasteiger partial charge in [-0.25, -0.2) is 13.2 Å². The van der Waals surface area contributed by atoms with Gasteiger partial charge in [0.1, 0.15) is 6.29 Å². The van der Waals surface area contributed by atoms with Gasteiger partial charge in [0.25, 0.3) is 0 Å². The quantitative estimate of drug-likeness (QED) is 0.592. The number of halogens is 3. The van der Waals surface area contributed by atoms with Gasteiger partial charge in [-0.3, -0.25) is 0 Å². The third-order valence-electron chi connectivity index (χ3n) is 1.69. The second-order valence-electron chi connectivity index (χ2n) is 2.88. The minimum absolute atomic E-state index is 0.0163. The monoisotopic (exact) mass is 203 g/mol. The predicted octanol–water partition coefficient (Wildman–Crippen LogP) is 1.17. The molecule has 0 aliphatic carbocycles. The zero-order valence-corrected chi connectivity index (χ0v) is 7.14. The Morgan fingerprint density at radius 1 is 1.29 bits per heavy atom. The van der Waals surface area contributed by atoms with Crippen LogP contribution in [0.1, 0.15) is 5.56 Å². The first-order valence-corrected chi connectivity index (χ1v) is 3.89. The molecule has 0 heterocycles. The van der Waals surface area contributed by atoms with Gasteiger partial charge in [-0.2, -0.15) is 0 Å². The average Bonchev–Trinajstić information content (AvgIpc) is 2.14. The Morgan fingerprint density at radius 3 is 2.21 bits per heavy atom. The first-order valence-electron chi connectivity index (χ1n) is 3.89. The van der Waals surface area contributed by atoms with Crippen molar-refractivity contribution in [2.24, 2.45) is 5.73 Å². The van der Waals surface area contributed by atoms with E-state index in [-0.39, 0.29) is 12.0 Å². The standard InChI is InChI=1S/C9H8F3NO/c10-7-2-5(1-6(13)4-14)3-8(11)9(7)12/h2-4,6H,1,13H2. The van der Waals surface area contributed by atoms with E-state index in [2.05, 4.69) is 0 Å². The van der Waals surface area contributed by atoms with Crippen molar-refractivity contribution in [3.8, 4) is 0 Å². The minimum atomic E-state index is -1.52. The summed E-state index contributed by atoms with van der Waals surface area (Å²) in [6, 6.07) is 0.808. The van der Waals surface area contributed by atoms with E-state index in [1.807, 2.05) is 0 Å². The van der Waals surface area contributed by atoms with Crippen LogP contribution in [0.5, 0.6) is 0 Å². The lowest BCUT2D eigenvalue weighted by atomic mass is 10.1. The van der Waals surface area contributed by atoms with Crippen LogP contribution in [0, 0.1) is 17.5 Å². The molecule has 5 heteroatoms. The molecule has 0 saturated heterocycles. The summed E-state index contributed by atoms with van der Waals surface area (Å²) in [6.07, 6.45) is 0.441. The summed E-state index contributed by atoms with van der Waals surface area (Å²) < 4.78 is 37.8. The van der Waals surface area contributed by atoms with Crippen LogP contribution in [0.25, 0.3) is 0 Å². The fourth-order valence-corrected chi connectivity index (χ4v) is 1.05. The number of nitrogens with two attached hydrogens (primary N) is 1. The highest BCUT2D eigenvalue weighted by Gasteiger charge is 2.11. The highest BCUT2D eigenvalue weighted by molar-refractivity contribution is 5.57. The van der Waals surface area contributed by atoms with Gasteiger partial charge in [0.2, 0.25) is 0 Å². The molecule has 1 unspecified atom stereocenters. The van der Waals surface area contributed by atoms with Crippen molar-refractivity contribution in [2.75, 3.05) is 0 Å². The lowest BCUT2D eigenvalue weighted by Gasteiger charge is -2.05. The predicted molar refractivity (Wildman–Crippen MR) is 44.1 cm³/mol. The highest BCUT2D eigenvalue weighted by atomic mass is 19.2. The molecule has 0 aliphatic rings. The first kappa shape index (κ1) is 10.7. The second-order valence-corrected chi connectivity index (χ2v) is 2.88. The normalized spacial score (nSPS) is 12.6. The van der Waals surface area contributed by atoms with Crippen molar-refractivity contribution in [1.29, 1.82) is 0 Å². The molecule has 76 valence electrons. The molecular formula is C9H8F3NO. The molecule has 14 heavy (non-hydrogen) atoms. The summed E-state index contributed by atoms with van der Waals surface area (Å²) in [4.78, 5) is 10.2. The van der Waals surface area contributed by atoms with E-state index in [1.165, 1.54) is 0 Å². The molecular weight excluding hydrogens is 195 g/mol. The van der Waals surface area contributed by atoms with E-state index in [9.17, 15) is 18.0 Å². The zero-order chi connectivity index (χ0) is 10.7. The molecule has 0 spiro atoms. The Bertz CT molecular complexity index is 331. The molecule has 0 aliphatic heterocycles. The number of hydrogen-bond donors (Lipinski definition) is 1. The lowest BCUT2D eigenvalue weighted by Crippen LogP contribution is -2.24. The summed E-state index contributed by atoms with van der Waals surface area (Å²) in [5, 5.41) is 0. The largest absolute Gasteiger partial charge is 0.321 e. The van der Waals surface area contributed by atoms with E-state index in [0.29, 0.717) is 6.29 Å². The van der Waals surface area contributed by atoms with Crippen LogP contribution in [-0.4, -0.2) is 12.3 Å². The highest BCUT2D eigenvalue weighted by Crippen LogP contribution is 2.14. The number of benzene rings is 1. The van der Waals surface area contributed by atoms with Crippen LogP contribution in [0.3, 0.4) is 0 Å². The summed E-state index contributed by atoms with van der Waals surface area (Å²) in [5.41, 5.74) is 5.39. The lowest BCUT2D eigenvalue weighted by molar-refractivity contribution is -0.108. The van der Waals surface area contributed by atoms with Gasteiger partial charge in [-0.15, -0.1) is 0 Å². The topological polar surface area (TPSA) is 43.1 Å². The van der Waals surface area contributed by atoms with Gasteiger partial charge in [-0.1, -0.05) is 0 Å². The molecule has 0 amide bonds. The van der Waals surface area contributed by atoms with E-state index >= 15 is 0 Å². The summed E-state index contributed by atoms with van der Waals surface area (Å²) in [5.74, 6) is -4.08. The maximum Gasteiger partial charge on any atom is 0.194 e. The van der Waals surface area contributed by atoms with Gasteiger partial charge in [0.05, 0.1) is 6.04 Å². The van der Waals surface area contributed by atoms with Crippen molar-refractivity contribution in [2.45, 2.75) is 12.5 Å². The summed E-state index contributed by atoms with van der Waals surface area (Å²) in [6.45, 7) is 0. The number of carbonyl (C=O) groups is 1. The van der Waals surface area contributed by atoms with Crippen molar-refractivity contribution in [1.82, 2.24) is 0 Å². The molecule has 0 radical (unpaired) electrons. The van der Waals surface area contributed by atoms with Crippen molar-refractivity contribution in [3.63, 3.8) is 0 Å². The third kappa shape index (κ3) is 2.32. The second kappa shape index (κ2) is 4.23. The third-order valence-corrected chi connectivity index (χ3v) is 1.69. The van der Waals surface area contributed by atoms with E-state index < -0.39 is 23.5 Å². The van der Waals surface area contributed by atoms with E-state index in [4.69, 9.17) is 5.73 Å². The van der Waals surface area contributed by atoms with Crippen LogP contribution in [0.2, 0.25) is 0 Å². The molecule has 0 saturated carbocycles. The van der Waals surface area contributed by atoms with Crippen molar-refractivity contribution < 1.29 is 18.0 Å². The van der Waals surface area contributed by atoms with Gasteiger partial charge < -0.3 is 10.5 Å². The van der Waals surface area contributed by atoms with Crippen molar-refractivity contribution >= 4 is 6.29 Å².